The molecule has 0 fully saturated rings. The number of aromatic nitrogens is 2. The molecule has 1 aromatic rings. The molecule has 1 rings (SSSR count). The van der Waals surface area contributed by atoms with Gasteiger partial charge in [0.25, 0.3) is 5.91 Å². The predicted octanol–water partition coefficient (Wildman–Crippen LogP) is 2.80. The highest BCUT2D eigenvalue weighted by molar-refractivity contribution is 9.10. The van der Waals surface area contributed by atoms with Gasteiger partial charge in [-0.3, -0.25) is 4.79 Å². The first-order valence-corrected chi connectivity index (χ1v) is 8.12. The van der Waals surface area contributed by atoms with Crippen LogP contribution in [-0.2, 0) is 6.18 Å². The maximum absolute atomic E-state index is 12.8. The van der Waals surface area contributed by atoms with Crippen molar-refractivity contribution in [2.45, 2.75) is 12.2 Å². The van der Waals surface area contributed by atoms with Gasteiger partial charge >= 0.3 is 6.18 Å². The summed E-state index contributed by atoms with van der Waals surface area (Å²) in [7, 11) is 3.61. The molecule has 0 radical (unpaired) electrons. The van der Waals surface area contributed by atoms with Crippen LogP contribution in [0.1, 0.15) is 16.2 Å². The van der Waals surface area contributed by atoms with E-state index in [9.17, 15) is 18.0 Å². The third-order valence-electron chi connectivity index (χ3n) is 3.37. The number of allylic oxidation sites excluding steroid dienone is 2. The van der Waals surface area contributed by atoms with Crippen LogP contribution in [0.15, 0.2) is 41.6 Å². The molecule has 1 unspecified atom stereocenters. The van der Waals surface area contributed by atoms with Gasteiger partial charge in [-0.2, -0.15) is 13.2 Å². The summed E-state index contributed by atoms with van der Waals surface area (Å²) < 4.78 is 37.8. The molecule has 0 bridgehead atoms. The van der Waals surface area contributed by atoms with Crippen LogP contribution >= 0.6 is 15.9 Å². The SMILES string of the molecule is C=C/C=C(\C=C)C(CNC(=O)c1nc(Br)c(C(F)(F)F)nc1N)N(C)C. The maximum Gasteiger partial charge on any atom is 0.436 e. The largest absolute Gasteiger partial charge is 0.436 e. The van der Waals surface area contributed by atoms with E-state index in [-0.39, 0.29) is 12.6 Å². The molecule has 0 spiro atoms. The standard InChI is InChI=1S/C16H19BrF3N5O/c1-5-7-9(6-2)10(25(3)4)8-22-15(26)11-14(21)24-12(13(17)23-11)16(18,19)20/h5-7,10H,1-2,8H2,3-4H3,(H2,21,24)(H,22,26)/b9-7+. The fourth-order valence-corrected chi connectivity index (χ4v) is 2.59. The molecule has 1 atom stereocenters. The number of nitrogens with zero attached hydrogens (tertiary/aromatic N) is 3. The molecule has 1 heterocycles. The molecule has 26 heavy (non-hydrogen) atoms. The van der Waals surface area contributed by atoms with Crippen LogP contribution in [0.2, 0.25) is 0 Å². The summed E-state index contributed by atoms with van der Waals surface area (Å²) >= 11 is 2.67. The average Bonchev–Trinajstić information content (AvgIpc) is 2.54. The zero-order valence-corrected chi connectivity index (χ0v) is 15.9. The number of hydrogen-bond donors (Lipinski definition) is 2. The Hall–Kier alpha value is -2.20. The minimum Gasteiger partial charge on any atom is -0.382 e. The Labute approximate surface area is 157 Å². The molecule has 0 aliphatic carbocycles. The van der Waals surface area contributed by atoms with Gasteiger partial charge < -0.3 is 16.0 Å². The lowest BCUT2D eigenvalue weighted by Crippen LogP contribution is -2.41. The van der Waals surface area contributed by atoms with Crippen molar-refractivity contribution in [3.63, 3.8) is 0 Å². The van der Waals surface area contributed by atoms with Crippen LogP contribution in [0, 0.1) is 0 Å². The fraction of sp³-hybridized carbons (Fsp3) is 0.312. The first-order valence-electron chi connectivity index (χ1n) is 7.32. The normalized spacial score (nSPS) is 13.4. The van der Waals surface area contributed by atoms with Gasteiger partial charge in [-0.1, -0.05) is 31.4 Å². The maximum atomic E-state index is 12.8. The second-order valence-corrected chi connectivity index (χ2v) is 6.14. The fourth-order valence-electron chi connectivity index (χ4n) is 2.10. The van der Waals surface area contributed by atoms with Crippen molar-refractivity contribution in [2.75, 3.05) is 26.4 Å². The van der Waals surface area contributed by atoms with Gasteiger partial charge in [0.2, 0.25) is 0 Å². The van der Waals surface area contributed by atoms with E-state index in [1.54, 1.807) is 32.3 Å². The number of nitrogens with one attached hydrogen (secondary N) is 1. The highest BCUT2D eigenvalue weighted by Gasteiger charge is 2.37. The van der Waals surface area contributed by atoms with Crippen LogP contribution < -0.4 is 11.1 Å². The molecule has 0 aliphatic heterocycles. The number of likely N-dealkylation sites (N-methyl/N-ethyl adjacent to an activating group) is 1. The molecule has 0 saturated carbocycles. The summed E-state index contributed by atoms with van der Waals surface area (Å²) in [5.74, 6) is -1.34. The monoisotopic (exact) mass is 433 g/mol. The topological polar surface area (TPSA) is 84.1 Å². The summed E-state index contributed by atoms with van der Waals surface area (Å²) in [6.45, 7) is 7.49. The highest BCUT2D eigenvalue weighted by Crippen LogP contribution is 2.33. The summed E-state index contributed by atoms with van der Waals surface area (Å²) in [5, 5.41) is 2.59. The number of nitrogen functional groups attached to an aromatic ring is 1. The molecule has 6 nitrogen and oxygen atoms in total. The molecule has 0 aromatic carbocycles. The first kappa shape index (κ1) is 21.8. The molecule has 0 aliphatic rings. The van der Waals surface area contributed by atoms with Crippen molar-refractivity contribution >= 4 is 27.7 Å². The number of nitrogens with two attached hydrogens (primary N) is 1. The van der Waals surface area contributed by atoms with Crippen molar-refractivity contribution < 1.29 is 18.0 Å². The van der Waals surface area contributed by atoms with E-state index in [0.29, 0.717) is 0 Å². The molecule has 10 heteroatoms. The van der Waals surface area contributed by atoms with Crippen LogP contribution in [0.3, 0.4) is 0 Å². The summed E-state index contributed by atoms with van der Waals surface area (Å²) in [5.41, 5.74) is 4.60. The Morgan fingerprint density at radius 3 is 2.46 bits per heavy atom. The second-order valence-electron chi connectivity index (χ2n) is 5.39. The average molecular weight is 434 g/mol. The van der Waals surface area contributed by atoms with Gasteiger partial charge in [-0.15, -0.1) is 0 Å². The van der Waals surface area contributed by atoms with Crippen molar-refractivity contribution in [1.82, 2.24) is 20.2 Å². The molecule has 1 amide bonds. The lowest BCUT2D eigenvalue weighted by Gasteiger charge is -2.25. The summed E-state index contributed by atoms with van der Waals surface area (Å²) in [6, 6.07) is -0.235. The van der Waals surface area contributed by atoms with E-state index in [1.165, 1.54) is 0 Å². The molecule has 3 N–H and O–H groups in total. The number of anilines is 1. The molecular weight excluding hydrogens is 415 g/mol. The predicted molar refractivity (Wildman–Crippen MR) is 97.4 cm³/mol. The number of alkyl halides is 3. The third kappa shape index (κ3) is 5.40. The van der Waals surface area contributed by atoms with Crippen molar-refractivity contribution in [2.24, 2.45) is 0 Å². The van der Waals surface area contributed by atoms with E-state index in [0.717, 1.165) is 5.57 Å². The van der Waals surface area contributed by atoms with Crippen LogP contribution in [0.25, 0.3) is 0 Å². The zero-order valence-electron chi connectivity index (χ0n) is 14.3. The Balaban J connectivity index is 3.04. The number of carbonyl (C=O) groups excluding carboxylic acids is 1. The van der Waals surface area contributed by atoms with Crippen molar-refractivity contribution in [1.29, 1.82) is 0 Å². The molecule has 1 aromatic heterocycles. The number of hydrogen-bond acceptors (Lipinski definition) is 5. The van der Waals surface area contributed by atoms with E-state index < -0.39 is 33.9 Å². The van der Waals surface area contributed by atoms with Gasteiger partial charge in [0.15, 0.2) is 17.2 Å². The summed E-state index contributed by atoms with van der Waals surface area (Å²) in [6.07, 6.45) is 0.221. The Morgan fingerprint density at radius 1 is 1.38 bits per heavy atom. The number of halogens is 4. The minimum absolute atomic E-state index is 0.150. The van der Waals surface area contributed by atoms with Gasteiger partial charge in [0.05, 0.1) is 6.04 Å². The molecular formula is C16H19BrF3N5O. The smallest absolute Gasteiger partial charge is 0.382 e. The third-order valence-corrected chi connectivity index (χ3v) is 3.93. The van der Waals surface area contributed by atoms with Crippen LogP contribution in [0.5, 0.6) is 0 Å². The highest BCUT2D eigenvalue weighted by atomic mass is 79.9. The van der Waals surface area contributed by atoms with Gasteiger partial charge in [-0.25, -0.2) is 9.97 Å². The molecule has 0 saturated heterocycles. The van der Waals surface area contributed by atoms with Crippen molar-refractivity contribution in [3.05, 3.63) is 53.0 Å². The quantitative estimate of drug-likeness (QED) is 0.645. The minimum atomic E-state index is -4.74. The lowest BCUT2D eigenvalue weighted by molar-refractivity contribution is -0.142. The van der Waals surface area contributed by atoms with E-state index in [4.69, 9.17) is 5.73 Å². The Bertz CT molecular complexity index is 731. The second kappa shape index (κ2) is 8.95. The lowest BCUT2D eigenvalue weighted by atomic mass is 10.1. The number of amides is 1. The number of rotatable bonds is 7. The van der Waals surface area contributed by atoms with Gasteiger partial charge in [0.1, 0.15) is 4.60 Å². The number of carbonyl (C=O) groups is 1. The van der Waals surface area contributed by atoms with Crippen LogP contribution in [0.4, 0.5) is 19.0 Å². The van der Waals surface area contributed by atoms with Gasteiger partial charge in [-0.05, 0) is 35.6 Å². The molecule has 142 valence electrons. The summed E-state index contributed by atoms with van der Waals surface area (Å²) in [4.78, 5) is 21.0. The van der Waals surface area contributed by atoms with Gasteiger partial charge in [0, 0.05) is 6.54 Å². The Kier molecular flexibility index (Phi) is 7.52. The van der Waals surface area contributed by atoms with Crippen LogP contribution in [-0.4, -0.2) is 47.5 Å². The van der Waals surface area contributed by atoms with E-state index >= 15 is 0 Å². The first-order chi connectivity index (χ1) is 12.0. The Morgan fingerprint density at radius 2 is 2.00 bits per heavy atom. The van der Waals surface area contributed by atoms with E-state index in [1.807, 2.05) is 4.90 Å². The van der Waals surface area contributed by atoms with Crippen molar-refractivity contribution in [3.8, 4) is 0 Å². The zero-order chi connectivity index (χ0) is 20.1. The van der Waals surface area contributed by atoms with E-state index in [2.05, 4.69) is 44.4 Å².